The molecule has 0 unspecified atom stereocenters. The van der Waals surface area contributed by atoms with Crippen LogP contribution in [-0.2, 0) is 14.3 Å². The molecule has 21 heavy (non-hydrogen) atoms. The Bertz CT molecular complexity index is 643. The number of nitrogens with zero attached hydrogens (tertiary/aromatic N) is 1. The molecule has 1 fully saturated rings. The van der Waals surface area contributed by atoms with Gasteiger partial charge in [0.15, 0.2) is 0 Å². The molecule has 1 aliphatic rings. The van der Waals surface area contributed by atoms with E-state index in [1.807, 2.05) is 0 Å². The van der Waals surface area contributed by atoms with Crippen LogP contribution in [0.5, 0.6) is 0 Å². The van der Waals surface area contributed by atoms with Gasteiger partial charge in [0.1, 0.15) is 16.7 Å². The summed E-state index contributed by atoms with van der Waals surface area (Å²) in [7, 11) is 1.22. The van der Waals surface area contributed by atoms with Crippen LogP contribution in [0.2, 0.25) is 5.02 Å². The fourth-order valence-corrected chi connectivity index (χ4v) is 3.06. The van der Waals surface area contributed by atoms with Crippen molar-refractivity contribution in [2.75, 3.05) is 13.7 Å². The summed E-state index contributed by atoms with van der Waals surface area (Å²) in [6.45, 7) is -0.274. The van der Waals surface area contributed by atoms with Crippen LogP contribution < -0.4 is 0 Å². The molecule has 110 valence electrons. The van der Waals surface area contributed by atoms with Gasteiger partial charge < -0.3 is 4.74 Å². The molecule has 0 atom stereocenters. The van der Waals surface area contributed by atoms with Gasteiger partial charge in [0.05, 0.1) is 17.0 Å². The van der Waals surface area contributed by atoms with E-state index in [0.29, 0.717) is 0 Å². The van der Waals surface area contributed by atoms with E-state index in [0.717, 1.165) is 16.7 Å². The van der Waals surface area contributed by atoms with Crippen LogP contribution in [0.3, 0.4) is 0 Å². The molecule has 1 heterocycles. The number of carbonyl (C=O) groups is 2. The monoisotopic (exact) mass is 345 g/mol. The Morgan fingerprint density at radius 3 is 2.90 bits per heavy atom. The Labute approximate surface area is 134 Å². The lowest BCUT2D eigenvalue weighted by Gasteiger charge is -2.11. The van der Waals surface area contributed by atoms with Crippen molar-refractivity contribution in [3.8, 4) is 0 Å². The van der Waals surface area contributed by atoms with Gasteiger partial charge in [-0.2, -0.15) is 0 Å². The third kappa shape index (κ3) is 3.42. The van der Waals surface area contributed by atoms with Gasteiger partial charge >= 0.3 is 5.97 Å². The zero-order chi connectivity index (χ0) is 15.6. The van der Waals surface area contributed by atoms with E-state index >= 15 is 0 Å². The molecule has 1 aromatic carbocycles. The minimum atomic E-state index is -0.587. The number of hydrogen-bond donors (Lipinski definition) is 0. The largest absolute Gasteiger partial charge is 0.468 e. The van der Waals surface area contributed by atoms with Gasteiger partial charge in [0, 0.05) is 5.56 Å². The van der Waals surface area contributed by atoms with Crippen molar-refractivity contribution < 1.29 is 18.7 Å². The molecule has 4 nitrogen and oxygen atoms in total. The summed E-state index contributed by atoms with van der Waals surface area (Å²) in [6, 6.07) is 4.23. The molecule has 2 rings (SSSR count). The molecule has 0 aromatic heterocycles. The standard InChI is InChI=1S/C13H9ClFNO3S2/c1-19-11(17)6-16-12(18)10(21-13(16)20)5-7-8(14)3-2-4-9(7)15/h2-5H,6H2,1H3/b10-5-. The van der Waals surface area contributed by atoms with Gasteiger partial charge in [0.2, 0.25) is 0 Å². The molecule has 1 aliphatic heterocycles. The van der Waals surface area contributed by atoms with Crippen LogP contribution in [0.1, 0.15) is 5.56 Å². The third-order valence-electron chi connectivity index (χ3n) is 2.66. The maximum absolute atomic E-state index is 13.7. The number of thiocarbonyl (C=S) groups is 1. The van der Waals surface area contributed by atoms with E-state index in [-0.39, 0.29) is 26.4 Å². The van der Waals surface area contributed by atoms with Crippen molar-refractivity contribution in [1.82, 2.24) is 4.90 Å². The predicted molar refractivity (Wildman–Crippen MR) is 83.3 cm³/mol. The summed E-state index contributed by atoms with van der Waals surface area (Å²) in [5, 5.41) is 0.188. The van der Waals surface area contributed by atoms with Crippen LogP contribution in [-0.4, -0.2) is 34.8 Å². The molecule has 0 saturated carbocycles. The van der Waals surface area contributed by atoms with Crippen molar-refractivity contribution in [1.29, 1.82) is 0 Å². The summed E-state index contributed by atoms with van der Waals surface area (Å²) >= 11 is 11.9. The van der Waals surface area contributed by atoms with E-state index in [2.05, 4.69) is 4.74 Å². The molecule has 1 saturated heterocycles. The first-order valence-corrected chi connectivity index (χ1v) is 7.30. The highest BCUT2D eigenvalue weighted by atomic mass is 35.5. The Kier molecular flexibility index (Phi) is 4.97. The fraction of sp³-hybridized carbons (Fsp3) is 0.154. The number of methoxy groups -OCH3 is 1. The lowest BCUT2D eigenvalue weighted by molar-refractivity contribution is -0.143. The zero-order valence-electron chi connectivity index (χ0n) is 10.8. The Hall–Kier alpha value is -1.44. The average Bonchev–Trinajstić information content (AvgIpc) is 2.70. The van der Waals surface area contributed by atoms with E-state index in [4.69, 9.17) is 23.8 Å². The number of benzene rings is 1. The second-order valence-electron chi connectivity index (χ2n) is 3.98. The Morgan fingerprint density at radius 1 is 1.57 bits per heavy atom. The van der Waals surface area contributed by atoms with Gasteiger partial charge in [-0.1, -0.05) is 41.6 Å². The van der Waals surface area contributed by atoms with Gasteiger partial charge in [-0.3, -0.25) is 14.5 Å². The molecular weight excluding hydrogens is 337 g/mol. The number of hydrogen-bond acceptors (Lipinski definition) is 5. The highest BCUT2D eigenvalue weighted by Gasteiger charge is 2.33. The topological polar surface area (TPSA) is 46.6 Å². The number of esters is 1. The minimum Gasteiger partial charge on any atom is -0.468 e. The summed E-state index contributed by atoms with van der Waals surface area (Å²) < 4.78 is 18.4. The van der Waals surface area contributed by atoms with E-state index in [1.54, 1.807) is 0 Å². The van der Waals surface area contributed by atoms with Crippen LogP contribution in [0.25, 0.3) is 6.08 Å². The second kappa shape index (κ2) is 6.55. The number of ether oxygens (including phenoxy) is 1. The van der Waals surface area contributed by atoms with Gasteiger partial charge in [-0.15, -0.1) is 0 Å². The third-order valence-corrected chi connectivity index (χ3v) is 4.37. The van der Waals surface area contributed by atoms with Gasteiger partial charge in [0.25, 0.3) is 5.91 Å². The number of amides is 1. The summed E-state index contributed by atoms with van der Waals surface area (Å²) in [4.78, 5) is 24.7. The smallest absolute Gasteiger partial charge is 0.325 e. The van der Waals surface area contributed by atoms with Crippen molar-refractivity contribution in [3.63, 3.8) is 0 Å². The van der Waals surface area contributed by atoms with Crippen molar-refractivity contribution >= 4 is 57.9 Å². The molecule has 0 N–H and O–H groups in total. The molecule has 0 bridgehead atoms. The molecular formula is C13H9ClFNO3S2. The minimum absolute atomic E-state index is 0.109. The Balaban J connectivity index is 2.30. The highest BCUT2D eigenvalue weighted by molar-refractivity contribution is 8.26. The average molecular weight is 346 g/mol. The summed E-state index contributed by atoms with van der Waals surface area (Å²) in [5.41, 5.74) is 0.109. The first kappa shape index (κ1) is 15.9. The molecule has 0 radical (unpaired) electrons. The second-order valence-corrected chi connectivity index (χ2v) is 6.06. The summed E-state index contributed by atoms with van der Waals surface area (Å²) in [5.74, 6) is -1.60. The van der Waals surface area contributed by atoms with Crippen LogP contribution in [0.4, 0.5) is 4.39 Å². The highest BCUT2D eigenvalue weighted by Crippen LogP contribution is 2.34. The maximum Gasteiger partial charge on any atom is 0.325 e. The number of halogens is 2. The van der Waals surface area contributed by atoms with Gasteiger partial charge in [-0.05, 0) is 18.2 Å². The van der Waals surface area contributed by atoms with Crippen LogP contribution >= 0.6 is 35.6 Å². The maximum atomic E-state index is 13.7. The first-order valence-electron chi connectivity index (χ1n) is 5.70. The molecule has 1 aromatic rings. The van der Waals surface area contributed by atoms with E-state index in [1.165, 1.54) is 31.4 Å². The number of rotatable bonds is 3. The lowest BCUT2D eigenvalue weighted by atomic mass is 10.2. The quantitative estimate of drug-likeness (QED) is 0.479. The Morgan fingerprint density at radius 2 is 2.29 bits per heavy atom. The molecule has 0 aliphatic carbocycles. The summed E-state index contributed by atoms with van der Waals surface area (Å²) in [6.07, 6.45) is 1.33. The number of thioether (sulfide) groups is 1. The normalized spacial score (nSPS) is 16.7. The number of carbonyl (C=O) groups excluding carboxylic acids is 2. The molecule has 1 amide bonds. The SMILES string of the molecule is COC(=O)CN1C(=O)/C(=C/c2c(F)cccc2Cl)SC1=S. The van der Waals surface area contributed by atoms with Crippen molar-refractivity contribution in [2.24, 2.45) is 0 Å². The fourth-order valence-electron chi connectivity index (χ4n) is 1.61. The first-order chi connectivity index (χ1) is 9.93. The van der Waals surface area contributed by atoms with Crippen molar-refractivity contribution in [3.05, 3.63) is 39.5 Å². The van der Waals surface area contributed by atoms with Crippen LogP contribution in [0, 0.1) is 5.82 Å². The zero-order valence-corrected chi connectivity index (χ0v) is 13.1. The van der Waals surface area contributed by atoms with Crippen LogP contribution in [0.15, 0.2) is 23.1 Å². The predicted octanol–water partition coefficient (Wildman–Crippen LogP) is 2.85. The van der Waals surface area contributed by atoms with Crippen molar-refractivity contribution in [2.45, 2.75) is 0 Å². The molecule has 8 heteroatoms. The van der Waals surface area contributed by atoms with Gasteiger partial charge in [-0.25, -0.2) is 4.39 Å². The lowest BCUT2D eigenvalue weighted by Crippen LogP contribution is -2.33. The van der Waals surface area contributed by atoms with E-state index in [9.17, 15) is 14.0 Å². The van der Waals surface area contributed by atoms with E-state index < -0.39 is 17.7 Å². The molecule has 0 spiro atoms.